The van der Waals surface area contributed by atoms with Crippen molar-refractivity contribution >= 4 is 0 Å². The van der Waals surface area contributed by atoms with Crippen LogP contribution in [0.25, 0.3) is 0 Å². The second kappa shape index (κ2) is 6.58. The molecule has 0 aromatic heterocycles. The van der Waals surface area contributed by atoms with E-state index in [1.165, 1.54) is 32.4 Å². The third-order valence-electron chi connectivity index (χ3n) is 3.72. The molecule has 96 valence electrons. The molecule has 2 N–H and O–H groups in total. The standard InChI is InChI=1S/C13H28N2O/c1-4-6-13(2,10-14)11-15-7-5-12(8-15)9-16-3/h12H,4-11,14H2,1-3H3. The summed E-state index contributed by atoms with van der Waals surface area (Å²) >= 11 is 0. The van der Waals surface area contributed by atoms with Crippen LogP contribution in [0.2, 0.25) is 0 Å². The fraction of sp³-hybridized carbons (Fsp3) is 1.00. The van der Waals surface area contributed by atoms with Crippen molar-refractivity contribution < 1.29 is 4.74 Å². The first-order valence-electron chi connectivity index (χ1n) is 6.55. The Hall–Kier alpha value is -0.120. The van der Waals surface area contributed by atoms with E-state index in [1.807, 2.05) is 0 Å². The molecule has 0 amide bonds. The number of methoxy groups -OCH3 is 1. The predicted octanol–water partition coefficient (Wildman–Crippen LogP) is 1.72. The molecule has 1 aliphatic rings. The first-order chi connectivity index (χ1) is 7.63. The van der Waals surface area contributed by atoms with Gasteiger partial charge in [-0.25, -0.2) is 0 Å². The first-order valence-corrected chi connectivity index (χ1v) is 6.55. The Morgan fingerprint density at radius 3 is 2.81 bits per heavy atom. The number of rotatable bonds is 7. The Morgan fingerprint density at radius 1 is 1.50 bits per heavy atom. The zero-order valence-electron chi connectivity index (χ0n) is 11.2. The highest BCUT2D eigenvalue weighted by atomic mass is 16.5. The van der Waals surface area contributed by atoms with E-state index in [0.29, 0.717) is 5.41 Å². The van der Waals surface area contributed by atoms with Crippen LogP contribution in [-0.4, -0.2) is 44.8 Å². The van der Waals surface area contributed by atoms with Crippen LogP contribution >= 0.6 is 0 Å². The van der Waals surface area contributed by atoms with E-state index in [1.54, 1.807) is 7.11 Å². The molecule has 0 aromatic carbocycles. The monoisotopic (exact) mass is 228 g/mol. The Kier molecular flexibility index (Phi) is 5.73. The normalized spacial score (nSPS) is 25.9. The molecule has 0 saturated carbocycles. The Balaban J connectivity index is 2.36. The quantitative estimate of drug-likeness (QED) is 0.721. The van der Waals surface area contributed by atoms with Gasteiger partial charge in [-0.15, -0.1) is 0 Å². The van der Waals surface area contributed by atoms with Crippen LogP contribution in [0.3, 0.4) is 0 Å². The molecule has 0 spiro atoms. The molecule has 2 unspecified atom stereocenters. The van der Waals surface area contributed by atoms with Crippen molar-refractivity contribution in [3.63, 3.8) is 0 Å². The minimum Gasteiger partial charge on any atom is -0.384 e. The highest BCUT2D eigenvalue weighted by molar-refractivity contribution is 4.83. The largest absolute Gasteiger partial charge is 0.384 e. The Labute approximate surface area is 100 Å². The van der Waals surface area contributed by atoms with Crippen molar-refractivity contribution in [2.75, 3.05) is 39.9 Å². The van der Waals surface area contributed by atoms with Gasteiger partial charge >= 0.3 is 0 Å². The van der Waals surface area contributed by atoms with Gasteiger partial charge in [-0.1, -0.05) is 20.3 Å². The van der Waals surface area contributed by atoms with E-state index in [-0.39, 0.29) is 0 Å². The van der Waals surface area contributed by atoms with Crippen molar-refractivity contribution in [1.82, 2.24) is 4.90 Å². The summed E-state index contributed by atoms with van der Waals surface area (Å²) in [5.41, 5.74) is 6.22. The van der Waals surface area contributed by atoms with Crippen molar-refractivity contribution in [2.45, 2.75) is 33.1 Å². The number of hydrogen-bond acceptors (Lipinski definition) is 3. The molecular weight excluding hydrogens is 200 g/mol. The van der Waals surface area contributed by atoms with Crippen molar-refractivity contribution in [3.05, 3.63) is 0 Å². The van der Waals surface area contributed by atoms with Gasteiger partial charge in [0.2, 0.25) is 0 Å². The molecule has 0 bridgehead atoms. The molecule has 16 heavy (non-hydrogen) atoms. The summed E-state index contributed by atoms with van der Waals surface area (Å²) in [5.74, 6) is 0.730. The van der Waals surface area contributed by atoms with Crippen molar-refractivity contribution in [1.29, 1.82) is 0 Å². The Morgan fingerprint density at radius 2 is 2.25 bits per heavy atom. The lowest BCUT2D eigenvalue weighted by Crippen LogP contribution is -2.39. The van der Waals surface area contributed by atoms with E-state index in [9.17, 15) is 0 Å². The molecule has 0 radical (unpaired) electrons. The van der Waals surface area contributed by atoms with Crippen LogP contribution < -0.4 is 5.73 Å². The maximum Gasteiger partial charge on any atom is 0.0503 e. The van der Waals surface area contributed by atoms with Gasteiger partial charge in [0.1, 0.15) is 0 Å². The fourth-order valence-corrected chi connectivity index (χ4v) is 2.82. The molecule has 1 fully saturated rings. The van der Waals surface area contributed by atoms with Gasteiger partial charge in [0.15, 0.2) is 0 Å². The molecule has 2 atom stereocenters. The summed E-state index contributed by atoms with van der Waals surface area (Å²) in [5, 5.41) is 0. The molecule has 1 aliphatic heterocycles. The van der Waals surface area contributed by atoms with Crippen molar-refractivity contribution in [2.24, 2.45) is 17.1 Å². The van der Waals surface area contributed by atoms with Gasteiger partial charge in [-0.3, -0.25) is 0 Å². The second-order valence-corrected chi connectivity index (χ2v) is 5.61. The summed E-state index contributed by atoms with van der Waals surface area (Å²) in [4.78, 5) is 2.56. The maximum absolute atomic E-state index is 5.91. The van der Waals surface area contributed by atoms with E-state index in [4.69, 9.17) is 10.5 Å². The van der Waals surface area contributed by atoms with Gasteiger partial charge in [-0.2, -0.15) is 0 Å². The SMILES string of the molecule is CCCC(C)(CN)CN1CCC(COC)C1. The van der Waals surface area contributed by atoms with Gasteiger partial charge in [0.05, 0.1) is 6.61 Å². The molecule has 3 heteroatoms. The van der Waals surface area contributed by atoms with Crippen LogP contribution in [0.15, 0.2) is 0 Å². The first kappa shape index (κ1) is 13.9. The average Bonchev–Trinajstić information content (AvgIpc) is 2.66. The van der Waals surface area contributed by atoms with Gasteiger partial charge in [0, 0.05) is 20.2 Å². The minimum atomic E-state index is 0.302. The maximum atomic E-state index is 5.91. The van der Waals surface area contributed by atoms with Crippen LogP contribution in [0.5, 0.6) is 0 Å². The summed E-state index contributed by atoms with van der Waals surface area (Å²) in [6, 6.07) is 0. The molecule has 1 rings (SSSR count). The highest BCUT2D eigenvalue weighted by Crippen LogP contribution is 2.26. The molecular formula is C13H28N2O. The third-order valence-corrected chi connectivity index (χ3v) is 3.72. The van der Waals surface area contributed by atoms with E-state index in [0.717, 1.165) is 25.6 Å². The van der Waals surface area contributed by atoms with Crippen LogP contribution in [0.4, 0.5) is 0 Å². The lowest BCUT2D eigenvalue weighted by Gasteiger charge is -2.32. The number of likely N-dealkylation sites (tertiary alicyclic amines) is 1. The lowest BCUT2D eigenvalue weighted by molar-refractivity contribution is 0.141. The number of hydrogen-bond donors (Lipinski definition) is 1. The van der Waals surface area contributed by atoms with Crippen LogP contribution in [-0.2, 0) is 4.74 Å². The second-order valence-electron chi connectivity index (χ2n) is 5.61. The summed E-state index contributed by atoms with van der Waals surface area (Å²) in [6.45, 7) is 9.82. The number of nitrogens with two attached hydrogens (primary N) is 1. The van der Waals surface area contributed by atoms with Crippen LogP contribution in [0.1, 0.15) is 33.1 Å². The summed E-state index contributed by atoms with van der Waals surface area (Å²) in [7, 11) is 1.80. The number of nitrogens with zero attached hydrogens (tertiary/aromatic N) is 1. The molecule has 1 heterocycles. The molecule has 3 nitrogen and oxygen atoms in total. The lowest BCUT2D eigenvalue weighted by atomic mass is 9.85. The van der Waals surface area contributed by atoms with Gasteiger partial charge in [-0.05, 0) is 37.3 Å². The fourth-order valence-electron chi connectivity index (χ4n) is 2.82. The smallest absolute Gasteiger partial charge is 0.0503 e. The van der Waals surface area contributed by atoms with Crippen molar-refractivity contribution in [3.8, 4) is 0 Å². The zero-order valence-corrected chi connectivity index (χ0v) is 11.2. The van der Waals surface area contributed by atoms with E-state index in [2.05, 4.69) is 18.7 Å². The average molecular weight is 228 g/mol. The van der Waals surface area contributed by atoms with Crippen LogP contribution in [0, 0.1) is 11.3 Å². The summed E-state index contributed by atoms with van der Waals surface area (Å²) in [6.07, 6.45) is 3.73. The van der Waals surface area contributed by atoms with Gasteiger partial charge in [0.25, 0.3) is 0 Å². The minimum absolute atomic E-state index is 0.302. The van der Waals surface area contributed by atoms with Gasteiger partial charge < -0.3 is 15.4 Å². The zero-order chi connectivity index (χ0) is 12.0. The molecule has 0 aliphatic carbocycles. The molecule has 0 aromatic rings. The summed E-state index contributed by atoms with van der Waals surface area (Å²) < 4.78 is 5.23. The predicted molar refractivity (Wildman–Crippen MR) is 68.5 cm³/mol. The Bertz CT molecular complexity index is 198. The number of ether oxygens (including phenoxy) is 1. The van der Waals surface area contributed by atoms with E-state index < -0.39 is 0 Å². The molecule has 1 saturated heterocycles. The third kappa shape index (κ3) is 4.04. The van der Waals surface area contributed by atoms with E-state index >= 15 is 0 Å². The highest BCUT2D eigenvalue weighted by Gasteiger charge is 2.29. The topological polar surface area (TPSA) is 38.5 Å².